The number of fused-ring (bicyclic) bond motifs is 5. The molecule has 1 aromatic heterocycles. The zero-order valence-corrected chi connectivity index (χ0v) is 21.5. The van der Waals surface area contributed by atoms with Crippen molar-refractivity contribution in [2.75, 3.05) is 0 Å². The minimum absolute atomic E-state index is 0.439. The molecule has 2 heterocycles. The van der Waals surface area contributed by atoms with Gasteiger partial charge in [-0.3, -0.25) is 0 Å². The van der Waals surface area contributed by atoms with Gasteiger partial charge in [-0.05, 0) is 91.7 Å². The summed E-state index contributed by atoms with van der Waals surface area (Å²) in [7, 11) is 0. The lowest BCUT2D eigenvalue weighted by Crippen LogP contribution is -2.32. The van der Waals surface area contributed by atoms with E-state index in [9.17, 15) is 0 Å². The Labute approximate surface area is 224 Å². The Kier molecular flexibility index (Phi) is 4.98. The van der Waals surface area contributed by atoms with Crippen LogP contribution in [0.5, 0.6) is 0 Å². The van der Waals surface area contributed by atoms with Gasteiger partial charge in [0.05, 0.1) is 11.6 Å². The van der Waals surface area contributed by atoms with Gasteiger partial charge in [0.25, 0.3) is 0 Å². The van der Waals surface area contributed by atoms with Crippen molar-refractivity contribution < 1.29 is 0 Å². The first kappa shape index (κ1) is 21.8. The summed E-state index contributed by atoms with van der Waals surface area (Å²) in [4.78, 5) is 2.67. The van der Waals surface area contributed by atoms with Crippen molar-refractivity contribution in [3.8, 4) is 0 Å². The van der Waals surface area contributed by atoms with Gasteiger partial charge in [0.2, 0.25) is 0 Å². The topological polar surface area (TPSA) is 8.17 Å². The van der Waals surface area contributed by atoms with Crippen LogP contribution in [0.25, 0.3) is 27.5 Å². The molecule has 1 aliphatic heterocycles. The van der Waals surface area contributed by atoms with Crippen molar-refractivity contribution in [1.29, 1.82) is 0 Å². The van der Waals surface area contributed by atoms with Crippen molar-refractivity contribution >= 4 is 27.5 Å². The van der Waals surface area contributed by atoms with Gasteiger partial charge in [0.1, 0.15) is 5.52 Å². The van der Waals surface area contributed by atoms with Crippen LogP contribution >= 0.6 is 0 Å². The van der Waals surface area contributed by atoms with Gasteiger partial charge in [-0.2, -0.15) is 0 Å². The van der Waals surface area contributed by atoms with E-state index >= 15 is 0 Å². The Morgan fingerprint density at radius 3 is 2.42 bits per heavy atom. The maximum atomic E-state index is 3.39. The van der Waals surface area contributed by atoms with Crippen LogP contribution in [0, 0.1) is 18.1 Å². The fraction of sp³-hybridized carbons (Fsp3) is 0.222. The molecule has 4 aliphatic carbocycles. The summed E-state index contributed by atoms with van der Waals surface area (Å²) in [5.41, 5.74) is 11.3. The molecule has 8 rings (SSSR count). The van der Waals surface area contributed by atoms with Crippen LogP contribution in [0.2, 0.25) is 0 Å². The highest BCUT2D eigenvalue weighted by molar-refractivity contribution is 6.09. The zero-order chi connectivity index (χ0) is 25.1. The molecule has 2 aromatic carbocycles. The molecular weight excluding hydrogens is 460 g/mol. The van der Waals surface area contributed by atoms with Crippen molar-refractivity contribution in [1.82, 2.24) is 9.47 Å². The molecule has 0 saturated carbocycles. The van der Waals surface area contributed by atoms with E-state index in [1.807, 2.05) is 6.07 Å². The van der Waals surface area contributed by atoms with Crippen molar-refractivity contribution in [3.05, 3.63) is 137 Å². The zero-order valence-electron chi connectivity index (χ0n) is 21.5. The highest BCUT2D eigenvalue weighted by Crippen LogP contribution is 2.46. The number of hydrogen-bond acceptors (Lipinski definition) is 1. The van der Waals surface area contributed by atoms with E-state index in [4.69, 9.17) is 0 Å². The number of para-hydroxylation sites is 1. The first-order valence-electron chi connectivity index (χ1n) is 14.0. The molecule has 5 aliphatic rings. The number of aromatic nitrogens is 1. The van der Waals surface area contributed by atoms with E-state index in [1.165, 1.54) is 44.4 Å². The third kappa shape index (κ3) is 3.28. The highest BCUT2D eigenvalue weighted by atomic mass is 15.2. The smallest absolute Gasteiger partial charge is 0.105 e. The van der Waals surface area contributed by atoms with Crippen molar-refractivity contribution in [2.24, 2.45) is 5.92 Å². The Morgan fingerprint density at radius 1 is 0.763 bits per heavy atom. The molecule has 0 N–H and O–H groups in total. The fourth-order valence-electron chi connectivity index (χ4n) is 7.17. The predicted molar refractivity (Wildman–Crippen MR) is 157 cm³/mol. The van der Waals surface area contributed by atoms with Gasteiger partial charge >= 0.3 is 0 Å². The van der Waals surface area contributed by atoms with E-state index in [0.717, 1.165) is 44.0 Å². The SMILES string of the molecule is c1ccc2c3ccccc3n(C3=CC=C(C4=CC=C(N5C6=C(C=CCC6)C6C=CC=CC65)CC4)CC3)c2c#1. The summed E-state index contributed by atoms with van der Waals surface area (Å²) in [5, 5.41) is 2.54. The van der Waals surface area contributed by atoms with Crippen LogP contribution in [0.15, 0.2) is 125 Å². The number of allylic oxidation sites excluding steroid dienone is 13. The van der Waals surface area contributed by atoms with E-state index in [0.29, 0.717) is 12.0 Å². The van der Waals surface area contributed by atoms with Gasteiger partial charge < -0.3 is 9.47 Å². The number of benzene rings is 1. The summed E-state index contributed by atoms with van der Waals surface area (Å²) >= 11 is 0. The maximum absolute atomic E-state index is 3.39. The average Bonchev–Trinajstić information content (AvgIpc) is 3.51. The van der Waals surface area contributed by atoms with Crippen LogP contribution in [0.4, 0.5) is 0 Å². The average molecular weight is 491 g/mol. The minimum atomic E-state index is 0.439. The summed E-state index contributed by atoms with van der Waals surface area (Å²) < 4.78 is 2.39. The number of nitrogens with zero attached hydrogens (tertiary/aromatic N) is 2. The van der Waals surface area contributed by atoms with Crippen LogP contribution in [-0.4, -0.2) is 15.5 Å². The predicted octanol–water partition coefficient (Wildman–Crippen LogP) is 8.59. The third-order valence-corrected chi connectivity index (χ3v) is 8.93. The molecule has 2 atom stereocenters. The van der Waals surface area contributed by atoms with Crippen molar-refractivity contribution in [2.45, 2.75) is 44.6 Å². The molecule has 0 saturated heterocycles. The Morgan fingerprint density at radius 2 is 1.58 bits per heavy atom. The van der Waals surface area contributed by atoms with Crippen molar-refractivity contribution in [3.63, 3.8) is 0 Å². The lowest BCUT2D eigenvalue weighted by molar-refractivity contribution is 0.342. The van der Waals surface area contributed by atoms with Crippen LogP contribution in [-0.2, 0) is 0 Å². The molecule has 184 valence electrons. The molecule has 3 aromatic rings. The van der Waals surface area contributed by atoms with Crippen LogP contribution in [0.1, 0.15) is 38.5 Å². The molecule has 0 fully saturated rings. The van der Waals surface area contributed by atoms with Crippen LogP contribution < -0.4 is 0 Å². The summed E-state index contributed by atoms with van der Waals surface area (Å²) in [6, 6.07) is 19.8. The molecule has 2 unspecified atom stereocenters. The molecular formula is C36H30N2. The quantitative estimate of drug-likeness (QED) is 0.357. The second-order valence-electron chi connectivity index (χ2n) is 10.9. The first-order valence-corrected chi connectivity index (χ1v) is 14.0. The fourth-order valence-corrected chi connectivity index (χ4v) is 7.17. The molecule has 2 nitrogen and oxygen atoms in total. The highest BCUT2D eigenvalue weighted by Gasteiger charge is 2.39. The molecule has 2 heteroatoms. The molecule has 0 amide bonds. The second kappa shape index (κ2) is 8.67. The number of rotatable bonds is 3. The van der Waals surface area contributed by atoms with E-state index in [1.54, 1.807) is 5.70 Å². The summed E-state index contributed by atoms with van der Waals surface area (Å²) in [6.45, 7) is 0. The summed E-state index contributed by atoms with van der Waals surface area (Å²) in [5.74, 6) is 0.498. The van der Waals surface area contributed by atoms with E-state index in [-0.39, 0.29) is 0 Å². The monoisotopic (exact) mass is 490 g/mol. The molecule has 38 heavy (non-hydrogen) atoms. The Bertz CT molecular complexity index is 1670. The van der Waals surface area contributed by atoms with Gasteiger partial charge in [-0.25, -0.2) is 0 Å². The van der Waals surface area contributed by atoms with Gasteiger partial charge in [-0.1, -0.05) is 72.9 Å². The first-order chi connectivity index (χ1) is 18.9. The third-order valence-electron chi connectivity index (χ3n) is 8.93. The molecule has 0 spiro atoms. The summed E-state index contributed by atoms with van der Waals surface area (Å²) in [6.07, 6.45) is 30.1. The van der Waals surface area contributed by atoms with Gasteiger partial charge in [-0.15, -0.1) is 0 Å². The Hall–Kier alpha value is -4.22. The van der Waals surface area contributed by atoms with Crippen LogP contribution in [0.3, 0.4) is 0 Å². The standard InChI is InChI=1S/C36H30N2/c1-5-13-33-29(9-1)30-10-2-6-14-34(30)37(33)27-21-17-25(18-22-27)26-19-23-28(24-20-26)38-35-15-7-3-11-31(35)32-12-4-8-16-36(32)38/h1-5,7,9-13,15,17,19,21,23,29,33H,6,14,18,20,22,24H2. The normalized spacial score (nSPS) is 24.2. The van der Waals surface area contributed by atoms with Gasteiger partial charge in [0.15, 0.2) is 0 Å². The minimum Gasteiger partial charge on any atom is -0.341 e. The largest absolute Gasteiger partial charge is 0.341 e. The maximum Gasteiger partial charge on any atom is 0.105 e. The Balaban J connectivity index is 1.11. The lowest BCUT2D eigenvalue weighted by Gasteiger charge is -2.34. The second-order valence-corrected chi connectivity index (χ2v) is 10.9. The van der Waals surface area contributed by atoms with Gasteiger partial charge in [0, 0.05) is 33.8 Å². The van der Waals surface area contributed by atoms with E-state index < -0.39 is 0 Å². The van der Waals surface area contributed by atoms with E-state index in [2.05, 4.69) is 113 Å². The lowest BCUT2D eigenvalue weighted by atomic mass is 9.88. The molecule has 0 radical (unpaired) electrons. The number of hydrogen-bond donors (Lipinski definition) is 0. The molecule has 0 bridgehead atoms.